The number of Topliss-reactive ketones (excluding diaryl/α,β-unsaturated/α-hetero) is 5. The van der Waals surface area contributed by atoms with Crippen molar-refractivity contribution in [3.05, 3.63) is 167 Å². The molecule has 10 aliphatic carbocycles. The van der Waals surface area contributed by atoms with Crippen molar-refractivity contribution in [1.82, 2.24) is 49.4 Å². The van der Waals surface area contributed by atoms with Crippen molar-refractivity contribution in [1.29, 1.82) is 0 Å². The minimum absolute atomic E-state index is 0.000617. The lowest BCUT2D eigenvalue weighted by atomic mass is 9.85. The summed E-state index contributed by atoms with van der Waals surface area (Å²) in [6.07, 6.45) is 61.0. The fourth-order valence-corrected chi connectivity index (χ4v) is 20.7. The number of fused-ring (bicyclic) bond motifs is 5. The molecule has 129 heavy (non-hydrogen) atoms. The Bertz CT molecular complexity index is 5300. The Morgan fingerprint density at radius 1 is 0.411 bits per heavy atom. The minimum Gasteiger partial charge on any atom is -0.475 e. The molecule has 3 atom stereocenters. The van der Waals surface area contributed by atoms with Gasteiger partial charge in [-0.2, -0.15) is 0 Å². The highest BCUT2D eigenvalue weighted by molar-refractivity contribution is 6.29. The lowest BCUT2D eigenvalue weighted by Crippen LogP contribution is -2.45. The van der Waals surface area contributed by atoms with Crippen LogP contribution in [0.5, 0.6) is 5.88 Å². The number of likely N-dealkylation sites (tertiary alicyclic amines) is 5. The van der Waals surface area contributed by atoms with Gasteiger partial charge in [0.25, 0.3) is 0 Å². The minimum atomic E-state index is -0.621. The van der Waals surface area contributed by atoms with Crippen molar-refractivity contribution >= 4 is 69.0 Å². The molecule has 0 amide bonds. The molecule has 1 unspecified atom stereocenters. The molecule has 0 bridgehead atoms. The van der Waals surface area contributed by atoms with Crippen molar-refractivity contribution in [3.8, 4) is 67.6 Å². The van der Waals surface area contributed by atoms with E-state index < -0.39 is 18.3 Å². The summed E-state index contributed by atoms with van der Waals surface area (Å²) in [5.74, 6) is 14.4. The summed E-state index contributed by atoms with van der Waals surface area (Å²) in [4.78, 5) is 95.9. The van der Waals surface area contributed by atoms with Crippen LogP contribution in [0.1, 0.15) is 254 Å². The highest BCUT2D eigenvalue weighted by Gasteiger charge is 2.50. The summed E-state index contributed by atoms with van der Waals surface area (Å²) in [6.45, 7) is 18.0. The van der Waals surface area contributed by atoms with Gasteiger partial charge in [0.05, 0.1) is 110 Å². The predicted molar refractivity (Wildman–Crippen MR) is 496 cm³/mol. The number of piperidine rings is 5. The van der Waals surface area contributed by atoms with Crippen molar-refractivity contribution in [2.45, 2.75) is 224 Å². The molecular formula is C106H121ClN10O12. The summed E-state index contributed by atoms with van der Waals surface area (Å²) in [6, 6.07) is 9.61. The van der Waals surface area contributed by atoms with Crippen LogP contribution in [0.25, 0.3) is 28.5 Å². The van der Waals surface area contributed by atoms with Gasteiger partial charge in [-0.25, -0.2) is 9.97 Å². The number of carbonyl (C=O) groups excluding carboxylic acids is 5. The van der Waals surface area contributed by atoms with E-state index in [2.05, 4.69) is 92.9 Å². The Morgan fingerprint density at radius 3 is 1.02 bits per heavy atom. The maximum absolute atomic E-state index is 12.6. The normalized spacial score (nSPS) is 22.3. The number of allylic oxidation sites excluding steroid dienone is 5. The summed E-state index contributed by atoms with van der Waals surface area (Å²) >= 11 is 6.09. The lowest BCUT2D eigenvalue weighted by molar-refractivity contribution is -0.115. The second-order valence-corrected chi connectivity index (χ2v) is 39.3. The number of aromatic nitrogens is 5. The predicted octanol–water partition coefficient (Wildman–Crippen LogP) is 14.0. The Hall–Kier alpha value is -10.6. The number of aliphatic hydroxyl groups excluding tert-OH is 3. The molecule has 0 radical (unpaired) electrons. The van der Waals surface area contributed by atoms with Crippen LogP contribution in [-0.2, 0) is 70.3 Å². The first-order valence-corrected chi connectivity index (χ1v) is 46.9. The highest BCUT2D eigenvalue weighted by Crippen LogP contribution is 2.58. The summed E-state index contributed by atoms with van der Waals surface area (Å²) < 4.78 is 22.1. The Morgan fingerprint density at radius 2 is 0.713 bits per heavy atom. The highest BCUT2D eigenvalue weighted by atomic mass is 35.5. The van der Waals surface area contributed by atoms with E-state index in [4.69, 9.17) is 62.7 Å². The van der Waals surface area contributed by atoms with E-state index >= 15 is 0 Å². The summed E-state index contributed by atoms with van der Waals surface area (Å²) in [5.41, 5.74) is 19.7. The van der Waals surface area contributed by atoms with E-state index in [1.54, 1.807) is 52.3 Å². The van der Waals surface area contributed by atoms with Crippen molar-refractivity contribution < 1.29 is 58.2 Å². The first-order chi connectivity index (χ1) is 62.2. The molecule has 5 saturated heterocycles. The molecule has 5 aromatic heterocycles. The standard InChI is InChI=1S/2C22H24N2O2.C22H26N2O2.C21H26N2O4.C19H21ClN2O2/c2*1-2-16-19(25)11-15-13-23-18(21(26)14-3-4-14)12-17(15)20(16)24-9-7-22(5-6-22)8-10-24;1-4-16-19(25)11-15-13-23-18(21(26)14(2)3)12-17(15)20(16)24-9-7-22(5-6-22)8-10-24;1-5-16-18(24)12-15-14-22-19(27-11-10-25-3)13-17(15)20(16)23-8-6-21(2,26-4)7-9-23;1-4-14-16(23)10-13-12-21-17(20)11-15(13)18(14)22-8-6-19(5-2,24-3)7-9-22/h2*1,12-14,21,26H,3-11H2;1,12-14,21,26H,5-11H2,2-3H3;1,13-14H,6-12H2,2-4H3;1,11-12H,5-10H2,2-3H3/t2*21-;;;/m10.../s1. The van der Waals surface area contributed by atoms with Crippen LogP contribution in [0.15, 0.2) is 89.2 Å². The molecule has 15 aliphatic rings. The number of methoxy groups -OCH3 is 3. The topological polar surface area (TPSA) is 264 Å². The first kappa shape index (κ1) is 91.7. The van der Waals surface area contributed by atoms with Gasteiger partial charge in [0.1, 0.15) is 11.8 Å². The van der Waals surface area contributed by atoms with Crippen LogP contribution in [0.2, 0.25) is 5.15 Å². The molecular weight excluding hydrogens is 1640 g/mol. The van der Waals surface area contributed by atoms with Crippen LogP contribution >= 0.6 is 11.6 Å². The maximum Gasteiger partial charge on any atom is 0.213 e. The van der Waals surface area contributed by atoms with Crippen molar-refractivity contribution in [2.24, 2.45) is 34.0 Å². The van der Waals surface area contributed by atoms with E-state index in [1.165, 1.54) is 77.0 Å². The number of hydrogen-bond donors (Lipinski definition) is 3. The van der Waals surface area contributed by atoms with E-state index in [-0.39, 0.29) is 58.9 Å². The van der Waals surface area contributed by atoms with Crippen LogP contribution < -0.4 is 4.74 Å². The summed E-state index contributed by atoms with van der Waals surface area (Å²) in [7, 11) is 5.14. The van der Waals surface area contributed by atoms with Gasteiger partial charge in [0.15, 0.2) is 28.9 Å². The molecule has 10 fully saturated rings. The quantitative estimate of drug-likeness (QED) is 0.0418. The Balaban J connectivity index is 0.000000118. The zero-order valence-corrected chi connectivity index (χ0v) is 76.6. The molecule has 5 aliphatic heterocycles. The second kappa shape index (κ2) is 38.1. The third-order valence-electron chi connectivity index (χ3n) is 30.5. The molecule has 10 heterocycles. The maximum atomic E-state index is 12.6. The van der Waals surface area contributed by atoms with Crippen LogP contribution in [0.4, 0.5) is 0 Å². The number of rotatable bonds is 18. The fraction of sp³-hybridized carbons (Fsp3) is 0.528. The molecule has 20 rings (SSSR count). The van der Waals surface area contributed by atoms with E-state index in [1.807, 2.05) is 44.2 Å². The molecule has 0 aromatic carbocycles. The number of halogens is 1. The zero-order chi connectivity index (χ0) is 91.0. The molecule has 3 spiro atoms. The number of nitrogens with zero attached hydrogens (tertiary/aromatic N) is 10. The van der Waals surface area contributed by atoms with Crippen LogP contribution in [0.3, 0.4) is 0 Å². The van der Waals surface area contributed by atoms with Gasteiger partial charge < -0.3 is 58.8 Å². The lowest BCUT2D eigenvalue weighted by Gasteiger charge is -2.43. The summed E-state index contributed by atoms with van der Waals surface area (Å²) in [5, 5.41) is 31.9. The van der Waals surface area contributed by atoms with Gasteiger partial charge in [-0.3, -0.25) is 38.9 Å². The van der Waals surface area contributed by atoms with Gasteiger partial charge in [0.2, 0.25) is 5.88 Å². The third kappa shape index (κ3) is 19.5. The zero-order valence-electron chi connectivity index (χ0n) is 75.9. The number of carbonyl (C=O) groups is 5. The SMILES string of the molecule is C#CC1=C(N2CCC(C)(OC)CC2)c2cc(OCCOC)ncc2CC1=O.C#CC1=C(N2CCC(CC)(OC)CC2)c2cc(Cl)ncc2CC1=O.C#CC1=C(N2CCC3(CC2)CC3)c2cc(C(O)C(C)C)ncc2CC1=O.C#CC1=C(N2CCC3(CC2)CC3)c2cc([C@@H](O)C3CC3)ncc2CC1=O.C#CC1=C(N2CCC3(CC2)CC3)c2cc([C@H](O)C3CC3)ncc2CC1=O. The van der Waals surface area contributed by atoms with Crippen molar-refractivity contribution in [3.63, 3.8) is 0 Å². The molecule has 22 nitrogen and oxygen atoms in total. The average molecular weight is 1760 g/mol. The number of ketones is 5. The molecule has 23 heteroatoms. The number of terminal acetylenes is 5. The largest absolute Gasteiger partial charge is 0.475 e. The Kier molecular flexibility index (Phi) is 27.1. The average Bonchev–Trinajstić information content (AvgIpc) is 1.61. The van der Waals surface area contributed by atoms with Gasteiger partial charge >= 0.3 is 0 Å². The van der Waals surface area contributed by atoms with Gasteiger partial charge in [-0.05, 0) is 228 Å². The van der Waals surface area contributed by atoms with Crippen molar-refractivity contribution in [2.75, 3.05) is 100.0 Å². The molecule has 674 valence electrons. The number of ether oxygens (including phenoxy) is 4. The van der Waals surface area contributed by atoms with Gasteiger partial charge in [0, 0.05) is 184 Å². The smallest absolute Gasteiger partial charge is 0.213 e. The fourth-order valence-electron chi connectivity index (χ4n) is 20.6. The van der Waals surface area contributed by atoms with E-state index in [0.717, 1.165) is 207 Å². The monoisotopic (exact) mass is 1760 g/mol. The van der Waals surface area contributed by atoms with E-state index in [9.17, 15) is 39.3 Å². The second-order valence-electron chi connectivity index (χ2n) is 38.9. The first-order valence-electron chi connectivity index (χ1n) is 46.5. The Labute approximate surface area is 765 Å². The van der Waals surface area contributed by atoms with Crippen LogP contribution in [-0.4, -0.2) is 205 Å². The molecule has 5 saturated carbocycles. The third-order valence-corrected chi connectivity index (χ3v) is 30.7. The number of aliphatic hydroxyl groups is 3. The number of pyridine rings is 5. The van der Waals surface area contributed by atoms with Crippen LogP contribution in [0, 0.1) is 95.7 Å². The number of hydrogen-bond acceptors (Lipinski definition) is 22. The van der Waals surface area contributed by atoms with E-state index in [0.29, 0.717) is 117 Å². The molecule has 5 aromatic rings. The van der Waals surface area contributed by atoms with Gasteiger partial charge in [-0.15, -0.1) is 32.1 Å². The van der Waals surface area contributed by atoms with Gasteiger partial charge in [-0.1, -0.05) is 62.0 Å². The molecule has 3 N–H and O–H groups in total.